The highest BCUT2D eigenvalue weighted by Gasteiger charge is 2.26. The monoisotopic (exact) mass is 408 g/mol. The van der Waals surface area contributed by atoms with Gasteiger partial charge in [0.1, 0.15) is 5.75 Å². The molecule has 26 heavy (non-hydrogen) atoms. The minimum atomic E-state index is -0.697. The first-order valence-electron chi connectivity index (χ1n) is 8.05. The van der Waals surface area contributed by atoms with E-state index in [1.165, 1.54) is 0 Å². The summed E-state index contributed by atoms with van der Waals surface area (Å²) in [5.74, 6) is 0.188. The second kappa shape index (κ2) is 8.25. The van der Waals surface area contributed by atoms with Crippen LogP contribution in [-0.2, 0) is 4.79 Å². The van der Waals surface area contributed by atoms with Crippen LogP contribution < -0.4 is 15.4 Å². The van der Waals surface area contributed by atoms with Crippen LogP contribution in [-0.4, -0.2) is 17.5 Å². The van der Waals surface area contributed by atoms with Gasteiger partial charge in [0.15, 0.2) is 11.6 Å². The molecule has 2 N–H and O–H groups in total. The maximum absolute atomic E-state index is 12.5. The fourth-order valence-corrected chi connectivity index (χ4v) is 3.97. The summed E-state index contributed by atoms with van der Waals surface area (Å²) in [7, 11) is 0. The Kier molecular flexibility index (Phi) is 6.01. The van der Waals surface area contributed by atoms with Gasteiger partial charge >= 0.3 is 0 Å². The number of amides is 1. The van der Waals surface area contributed by atoms with Gasteiger partial charge in [0, 0.05) is 9.93 Å². The van der Waals surface area contributed by atoms with Gasteiger partial charge < -0.3 is 15.4 Å². The highest BCUT2D eigenvalue weighted by Crippen LogP contribution is 2.34. The van der Waals surface area contributed by atoms with E-state index in [4.69, 9.17) is 27.9 Å². The molecule has 4 nitrogen and oxygen atoms in total. The first-order valence-corrected chi connectivity index (χ1v) is 9.69. The highest BCUT2D eigenvalue weighted by atomic mass is 35.5. The second-order valence-corrected chi connectivity index (χ2v) is 7.95. The molecule has 1 heterocycles. The lowest BCUT2D eigenvalue weighted by molar-refractivity contribution is -0.127. The zero-order valence-electron chi connectivity index (χ0n) is 14.3. The zero-order valence-corrected chi connectivity index (χ0v) is 16.6. The number of thioether (sulfide) groups is 1. The van der Waals surface area contributed by atoms with Gasteiger partial charge in [0.2, 0.25) is 0 Å². The molecule has 7 heteroatoms. The molecule has 1 aliphatic rings. The summed E-state index contributed by atoms with van der Waals surface area (Å²) in [4.78, 5) is 13.6. The third-order valence-corrected chi connectivity index (χ3v) is 5.38. The Hall–Kier alpha value is -1.82. The smallest absolute Gasteiger partial charge is 0.263 e. The predicted octanol–water partition coefficient (Wildman–Crippen LogP) is 4.89. The Bertz CT molecular complexity index is 843. The molecule has 0 fully saturated rings. The Morgan fingerprint density at radius 1 is 1.23 bits per heavy atom. The standard InChI is InChI=1S/C19H18Cl2N2O2S/c1-11(25-16-9-8-14(20)10-15(16)21)18(24)23-19-22-17(12(2)26-19)13-6-4-3-5-7-13/h3-11,19,22H,1-2H3,(H,23,24)/t11-,19+/m0/s1. The number of carbonyl (C=O) groups excluding carboxylic acids is 1. The van der Waals surface area contributed by atoms with Gasteiger partial charge in [-0.2, -0.15) is 0 Å². The van der Waals surface area contributed by atoms with Crippen LogP contribution in [0.2, 0.25) is 10.0 Å². The molecular formula is C19H18Cl2N2O2S. The molecule has 0 aliphatic carbocycles. The van der Waals surface area contributed by atoms with E-state index in [1.54, 1.807) is 36.9 Å². The number of hydrogen-bond acceptors (Lipinski definition) is 4. The molecule has 1 amide bonds. The van der Waals surface area contributed by atoms with Gasteiger partial charge in [0.25, 0.3) is 5.91 Å². The number of rotatable bonds is 5. The first kappa shape index (κ1) is 19.0. The van der Waals surface area contributed by atoms with Crippen molar-refractivity contribution in [3.05, 3.63) is 69.0 Å². The molecule has 0 unspecified atom stereocenters. The van der Waals surface area contributed by atoms with Crippen molar-refractivity contribution < 1.29 is 9.53 Å². The largest absolute Gasteiger partial charge is 0.479 e. The Morgan fingerprint density at radius 3 is 2.65 bits per heavy atom. The zero-order chi connectivity index (χ0) is 18.7. The molecular weight excluding hydrogens is 391 g/mol. The molecule has 3 rings (SSSR count). The van der Waals surface area contributed by atoms with Crippen molar-refractivity contribution in [2.45, 2.75) is 25.4 Å². The van der Waals surface area contributed by atoms with Gasteiger partial charge in [-0.1, -0.05) is 65.3 Å². The number of carbonyl (C=O) groups is 1. The molecule has 0 saturated carbocycles. The van der Waals surface area contributed by atoms with Crippen LogP contribution in [0.5, 0.6) is 5.75 Å². The summed E-state index contributed by atoms with van der Waals surface area (Å²) in [6.07, 6.45) is -0.697. The minimum absolute atomic E-state index is 0.233. The fourth-order valence-electron chi connectivity index (χ4n) is 2.52. The topological polar surface area (TPSA) is 50.4 Å². The molecule has 2 aromatic rings. The molecule has 0 spiro atoms. The average molecular weight is 409 g/mol. The first-order chi connectivity index (χ1) is 12.4. The third-order valence-electron chi connectivity index (χ3n) is 3.82. The maximum Gasteiger partial charge on any atom is 0.263 e. The molecule has 2 aromatic carbocycles. The van der Waals surface area contributed by atoms with Crippen molar-refractivity contribution in [3.63, 3.8) is 0 Å². The number of allylic oxidation sites excluding steroid dienone is 1. The van der Waals surface area contributed by atoms with Crippen LogP contribution in [0.3, 0.4) is 0 Å². The summed E-state index contributed by atoms with van der Waals surface area (Å²) in [6.45, 7) is 3.71. The van der Waals surface area contributed by atoms with Gasteiger partial charge in [-0.3, -0.25) is 4.79 Å². The summed E-state index contributed by atoms with van der Waals surface area (Å²) < 4.78 is 5.66. The number of benzene rings is 2. The maximum atomic E-state index is 12.5. The van der Waals surface area contributed by atoms with Crippen molar-refractivity contribution in [2.24, 2.45) is 0 Å². The summed E-state index contributed by atoms with van der Waals surface area (Å²) >= 11 is 13.5. The van der Waals surface area contributed by atoms with Crippen LogP contribution in [0.4, 0.5) is 0 Å². The lowest BCUT2D eigenvalue weighted by Gasteiger charge is -2.19. The van der Waals surface area contributed by atoms with Crippen molar-refractivity contribution in [1.82, 2.24) is 10.6 Å². The van der Waals surface area contributed by atoms with Crippen molar-refractivity contribution in [3.8, 4) is 5.75 Å². The molecule has 136 valence electrons. The molecule has 2 atom stereocenters. The van der Waals surface area contributed by atoms with Crippen LogP contribution in [0, 0.1) is 0 Å². The normalized spacial score (nSPS) is 17.6. The van der Waals surface area contributed by atoms with E-state index in [0.29, 0.717) is 15.8 Å². The number of halogens is 2. The van der Waals surface area contributed by atoms with E-state index in [1.807, 2.05) is 37.3 Å². The quantitative estimate of drug-likeness (QED) is 0.739. The van der Waals surface area contributed by atoms with E-state index in [-0.39, 0.29) is 11.4 Å². The number of hydrogen-bond donors (Lipinski definition) is 2. The Labute approximate surface area is 166 Å². The Balaban J connectivity index is 1.59. The molecule has 1 aliphatic heterocycles. The lowest BCUT2D eigenvalue weighted by Crippen LogP contribution is -2.45. The summed E-state index contributed by atoms with van der Waals surface area (Å²) in [5, 5.41) is 7.16. The molecule has 0 bridgehead atoms. The van der Waals surface area contributed by atoms with Gasteiger partial charge in [-0.05, 0) is 37.6 Å². The number of ether oxygens (including phenoxy) is 1. The summed E-state index contributed by atoms with van der Waals surface area (Å²) in [6, 6.07) is 14.9. The van der Waals surface area contributed by atoms with Gasteiger partial charge in [0.05, 0.1) is 10.7 Å². The van der Waals surface area contributed by atoms with Crippen LogP contribution in [0.15, 0.2) is 53.4 Å². The lowest BCUT2D eigenvalue weighted by atomic mass is 10.1. The van der Waals surface area contributed by atoms with Crippen molar-refractivity contribution in [1.29, 1.82) is 0 Å². The highest BCUT2D eigenvalue weighted by molar-refractivity contribution is 8.04. The number of nitrogens with one attached hydrogen (secondary N) is 2. The fraction of sp³-hybridized carbons (Fsp3) is 0.211. The predicted molar refractivity (Wildman–Crippen MR) is 108 cm³/mol. The van der Waals surface area contributed by atoms with Crippen LogP contribution >= 0.6 is 35.0 Å². The van der Waals surface area contributed by atoms with Crippen molar-refractivity contribution >= 4 is 46.6 Å². The van der Waals surface area contributed by atoms with E-state index in [9.17, 15) is 4.79 Å². The molecule has 0 saturated heterocycles. The minimum Gasteiger partial charge on any atom is -0.479 e. The SMILES string of the molecule is CC1=C(c2ccccc2)N[C@H](NC(=O)[C@H](C)Oc2ccc(Cl)cc2Cl)S1. The van der Waals surface area contributed by atoms with Gasteiger partial charge in [-0.15, -0.1) is 0 Å². The van der Waals surface area contributed by atoms with E-state index in [0.717, 1.165) is 16.2 Å². The van der Waals surface area contributed by atoms with Crippen LogP contribution in [0.1, 0.15) is 19.4 Å². The second-order valence-electron chi connectivity index (χ2n) is 5.78. The van der Waals surface area contributed by atoms with Crippen LogP contribution in [0.25, 0.3) is 5.70 Å². The Morgan fingerprint density at radius 2 is 1.96 bits per heavy atom. The van der Waals surface area contributed by atoms with E-state index < -0.39 is 6.10 Å². The van der Waals surface area contributed by atoms with Crippen molar-refractivity contribution in [2.75, 3.05) is 0 Å². The van der Waals surface area contributed by atoms with E-state index in [2.05, 4.69) is 10.6 Å². The molecule has 0 aromatic heterocycles. The summed E-state index contributed by atoms with van der Waals surface area (Å²) in [5.41, 5.74) is 1.87. The molecule has 0 radical (unpaired) electrons. The van der Waals surface area contributed by atoms with Gasteiger partial charge in [-0.25, -0.2) is 0 Å². The third kappa shape index (κ3) is 4.47. The average Bonchev–Trinajstić information content (AvgIpc) is 2.98. The van der Waals surface area contributed by atoms with E-state index >= 15 is 0 Å².